The zero-order chi connectivity index (χ0) is 26.7. The number of carbonyl (C=O) groups excluding carboxylic acids is 2. The molecule has 0 saturated carbocycles. The number of nitrogens with one attached hydrogen (secondary N) is 2. The summed E-state index contributed by atoms with van der Waals surface area (Å²) < 4.78 is 1.86. The van der Waals surface area contributed by atoms with Crippen molar-refractivity contribution in [3.63, 3.8) is 0 Å². The summed E-state index contributed by atoms with van der Waals surface area (Å²) in [5.41, 5.74) is 9.61. The quantitative estimate of drug-likeness (QED) is 0.107. The fourth-order valence-electron chi connectivity index (χ4n) is 3.76. The molecule has 1 saturated heterocycles. The molecule has 4 heterocycles. The van der Waals surface area contributed by atoms with E-state index in [1.54, 1.807) is 5.38 Å². The molecule has 5 N–H and O–H groups in total. The van der Waals surface area contributed by atoms with Crippen LogP contribution in [0.5, 0.6) is 0 Å². The molecule has 0 radical (unpaired) electrons. The van der Waals surface area contributed by atoms with Crippen LogP contribution in [0.15, 0.2) is 51.2 Å². The lowest BCUT2D eigenvalue weighted by atomic mass is 10.0. The number of nitrogen functional groups attached to an aromatic ring is 1. The number of fused-ring (bicyclic) bond motifs is 1. The van der Waals surface area contributed by atoms with Gasteiger partial charge in [-0.1, -0.05) is 9.83 Å². The molecule has 0 spiro atoms. The third kappa shape index (κ3) is 5.83. The van der Waals surface area contributed by atoms with Crippen molar-refractivity contribution in [3.05, 3.63) is 46.9 Å². The highest BCUT2D eigenvalue weighted by Gasteiger charge is 2.54. The fourth-order valence-corrected chi connectivity index (χ4v) is 6.68. The first-order chi connectivity index (χ1) is 17.7. The van der Waals surface area contributed by atoms with Crippen molar-refractivity contribution in [2.45, 2.75) is 36.2 Å². The molecule has 12 nitrogen and oxygen atoms in total. The highest BCUT2D eigenvalue weighted by atomic mass is 32.2. The molecular weight excluding hydrogens is 538 g/mol. The van der Waals surface area contributed by atoms with E-state index in [4.69, 9.17) is 10.6 Å². The van der Waals surface area contributed by atoms with E-state index in [2.05, 4.69) is 20.9 Å². The number of nitrogens with two attached hydrogens (primary N) is 1. The number of β-lactam (4-membered cyclic amide) rings is 1. The molecule has 2 atom stereocenters. The summed E-state index contributed by atoms with van der Waals surface area (Å²) in [5.74, 6) is -1.51. The number of pyridine rings is 1. The number of anilines is 1. The fraction of sp³-hybridized carbons (Fsp3) is 0.364. The topological polar surface area (TPSA) is 163 Å². The minimum absolute atomic E-state index is 0.0303. The predicted octanol–water partition coefficient (Wildman–Crippen LogP) is 0.846. The van der Waals surface area contributed by atoms with E-state index >= 15 is 0 Å². The maximum absolute atomic E-state index is 13.0. The van der Waals surface area contributed by atoms with Crippen molar-refractivity contribution in [2.24, 2.45) is 5.16 Å². The number of carbonyl (C=O) groups is 3. The van der Waals surface area contributed by atoms with Gasteiger partial charge in [0.25, 0.3) is 11.8 Å². The maximum atomic E-state index is 13.0. The highest BCUT2D eigenvalue weighted by molar-refractivity contribution is 8.01. The number of aromatic nitrogens is 2. The average molecular weight is 565 g/mol. The Balaban J connectivity index is 1.44. The van der Waals surface area contributed by atoms with Crippen molar-refractivity contribution in [3.8, 4) is 0 Å². The van der Waals surface area contributed by atoms with Crippen molar-refractivity contribution in [1.29, 1.82) is 0 Å². The van der Waals surface area contributed by atoms with Crippen LogP contribution < -0.4 is 21.2 Å². The Morgan fingerprint density at radius 3 is 2.73 bits per heavy atom. The molecule has 37 heavy (non-hydrogen) atoms. The predicted molar refractivity (Wildman–Crippen MR) is 142 cm³/mol. The van der Waals surface area contributed by atoms with Crippen LogP contribution in [0.25, 0.3) is 0 Å². The largest absolute Gasteiger partial charge is 0.477 e. The minimum Gasteiger partial charge on any atom is -0.477 e. The zero-order valence-corrected chi connectivity index (χ0v) is 22.7. The van der Waals surface area contributed by atoms with Gasteiger partial charge in [-0.3, -0.25) is 14.5 Å². The number of thiazole rings is 1. The van der Waals surface area contributed by atoms with E-state index in [0.717, 1.165) is 16.2 Å². The Kier molecular flexibility index (Phi) is 8.24. The Hall–Kier alpha value is -3.30. The molecule has 4 rings (SSSR count). The summed E-state index contributed by atoms with van der Waals surface area (Å²) in [5, 5.41) is 17.6. The van der Waals surface area contributed by atoms with Crippen LogP contribution in [0.4, 0.5) is 5.13 Å². The molecule has 2 aliphatic rings. The van der Waals surface area contributed by atoms with Crippen LogP contribution >= 0.6 is 34.9 Å². The number of rotatable bonds is 10. The SMILES string of the molecule is CO/N=C(\C(=O)N[C@@H]1C(=O)N2C(C(=O)O)=C(CSc3cc[n+](NC(C)C)cc3)CS[C@H]12)c1csc(N)n1. The van der Waals surface area contributed by atoms with Gasteiger partial charge in [-0.2, -0.15) is 5.43 Å². The van der Waals surface area contributed by atoms with Crippen molar-refractivity contribution in [1.82, 2.24) is 15.2 Å². The van der Waals surface area contributed by atoms with Gasteiger partial charge in [-0.05, 0) is 19.4 Å². The summed E-state index contributed by atoms with van der Waals surface area (Å²) in [6, 6.07) is 3.26. The third-order valence-electron chi connectivity index (χ3n) is 5.32. The Morgan fingerprint density at radius 2 is 2.14 bits per heavy atom. The molecular formula is C22H26N7O5S3+. The Bertz CT molecular complexity index is 1260. The standard InChI is InChI=1S/C22H25N7O5S3/c1-11(2)26-28-6-4-13(5-7-28)35-8-12-9-36-20-16(19(31)29(20)17(12)21(32)33)25-18(30)15(27-34-3)14-10-37-22(23)24-14/h4-7,10-11,16,20,26H,8-9H2,1-3H3,(H3-,23,24,25,30,32,33)/p+1/b27-15-/t16-,20-/m1/s1. The number of carboxylic acid groups (broad SMARTS) is 1. The molecule has 2 aromatic rings. The van der Waals surface area contributed by atoms with Gasteiger partial charge in [-0.25, -0.2) is 9.78 Å². The first kappa shape index (κ1) is 26.8. The van der Waals surface area contributed by atoms with Crippen molar-refractivity contribution >= 4 is 63.5 Å². The zero-order valence-electron chi connectivity index (χ0n) is 20.2. The van der Waals surface area contributed by atoms with E-state index in [-0.39, 0.29) is 28.3 Å². The van der Waals surface area contributed by atoms with E-state index in [0.29, 0.717) is 17.1 Å². The second-order valence-corrected chi connectivity index (χ2v) is 11.4. The van der Waals surface area contributed by atoms with Gasteiger partial charge in [0.05, 0.1) is 6.04 Å². The van der Waals surface area contributed by atoms with Crippen LogP contribution in [0, 0.1) is 0 Å². The Morgan fingerprint density at radius 1 is 1.41 bits per heavy atom. The van der Waals surface area contributed by atoms with Gasteiger partial charge < -0.3 is 21.0 Å². The Labute approximate surface area is 225 Å². The molecule has 2 aliphatic heterocycles. The summed E-state index contributed by atoms with van der Waals surface area (Å²) >= 11 is 4.03. The smallest absolute Gasteiger partial charge is 0.352 e. The molecule has 2 aromatic heterocycles. The molecule has 0 bridgehead atoms. The lowest BCUT2D eigenvalue weighted by Crippen LogP contribution is -2.71. The second kappa shape index (κ2) is 11.4. The van der Waals surface area contributed by atoms with Crippen LogP contribution in [0.3, 0.4) is 0 Å². The molecule has 1 fully saturated rings. The van der Waals surface area contributed by atoms with Crippen molar-refractivity contribution < 1.29 is 29.0 Å². The second-order valence-electron chi connectivity index (χ2n) is 8.33. The molecule has 0 aliphatic carbocycles. The lowest BCUT2D eigenvalue weighted by Gasteiger charge is -2.49. The van der Waals surface area contributed by atoms with E-state index in [9.17, 15) is 19.5 Å². The number of amides is 2. The number of nitrogens with zero attached hydrogens (tertiary/aromatic N) is 4. The molecule has 2 amide bonds. The average Bonchev–Trinajstić information content (AvgIpc) is 3.29. The van der Waals surface area contributed by atoms with Crippen LogP contribution in [-0.4, -0.2) is 74.6 Å². The van der Waals surface area contributed by atoms with E-state index < -0.39 is 29.2 Å². The number of hydrogen-bond acceptors (Lipinski definition) is 11. The molecule has 0 unspecified atom stereocenters. The first-order valence-electron chi connectivity index (χ1n) is 11.1. The van der Waals surface area contributed by atoms with Crippen LogP contribution in [0.1, 0.15) is 19.5 Å². The van der Waals surface area contributed by atoms with Gasteiger partial charge in [0, 0.05) is 33.9 Å². The molecule has 196 valence electrons. The molecule has 15 heteroatoms. The van der Waals surface area contributed by atoms with Gasteiger partial charge in [-0.15, -0.1) is 34.9 Å². The van der Waals surface area contributed by atoms with Gasteiger partial charge in [0.15, 0.2) is 10.8 Å². The monoisotopic (exact) mass is 564 g/mol. The first-order valence-corrected chi connectivity index (χ1v) is 14.0. The number of aliphatic carboxylic acids is 1. The summed E-state index contributed by atoms with van der Waals surface area (Å²) in [6.45, 7) is 4.08. The summed E-state index contributed by atoms with van der Waals surface area (Å²) in [7, 11) is 1.29. The van der Waals surface area contributed by atoms with Gasteiger partial charge in [0.1, 0.15) is 29.9 Å². The summed E-state index contributed by atoms with van der Waals surface area (Å²) in [4.78, 5) is 49.0. The highest BCUT2D eigenvalue weighted by Crippen LogP contribution is 2.41. The number of carboxylic acids is 1. The summed E-state index contributed by atoms with van der Waals surface area (Å²) in [6.07, 6.45) is 3.79. The van der Waals surface area contributed by atoms with E-state index in [1.165, 1.54) is 35.5 Å². The number of oxime groups is 1. The maximum Gasteiger partial charge on any atom is 0.352 e. The van der Waals surface area contributed by atoms with E-state index in [1.807, 2.05) is 43.0 Å². The molecule has 0 aromatic carbocycles. The number of hydrogen-bond donors (Lipinski definition) is 4. The van der Waals surface area contributed by atoms with Crippen LogP contribution in [-0.2, 0) is 19.2 Å². The normalized spacial score (nSPS) is 19.4. The van der Waals surface area contributed by atoms with Gasteiger partial charge in [0.2, 0.25) is 12.4 Å². The minimum atomic E-state index is -1.18. The lowest BCUT2D eigenvalue weighted by molar-refractivity contribution is -0.653. The van der Waals surface area contributed by atoms with Crippen LogP contribution in [0.2, 0.25) is 0 Å². The van der Waals surface area contributed by atoms with Crippen molar-refractivity contribution in [2.75, 3.05) is 29.8 Å². The number of thioether (sulfide) groups is 2. The third-order valence-corrected chi connectivity index (χ3v) is 8.43. The van der Waals surface area contributed by atoms with Gasteiger partial charge >= 0.3 is 5.97 Å².